The molecular weight excluding hydrogens is 268 g/mol. The second-order valence-electron chi connectivity index (χ2n) is 3.98. The summed E-state index contributed by atoms with van der Waals surface area (Å²) in [6, 6.07) is 4.69. The highest BCUT2D eigenvalue weighted by molar-refractivity contribution is 7.98. The summed E-state index contributed by atoms with van der Waals surface area (Å²) in [6.45, 7) is 0. The van der Waals surface area contributed by atoms with Gasteiger partial charge in [-0.15, -0.1) is 0 Å². The molecule has 0 fully saturated rings. The lowest BCUT2D eigenvalue weighted by molar-refractivity contribution is -0.136. The van der Waals surface area contributed by atoms with Gasteiger partial charge in [0.15, 0.2) is 0 Å². The monoisotopic (exact) mass is 282 g/mol. The van der Waals surface area contributed by atoms with Crippen LogP contribution in [0.3, 0.4) is 0 Å². The lowest BCUT2D eigenvalue weighted by Crippen LogP contribution is -2.40. The van der Waals surface area contributed by atoms with E-state index in [0.29, 0.717) is 28.4 Å². The third-order valence-electron chi connectivity index (χ3n) is 2.66. The van der Waals surface area contributed by atoms with Gasteiger partial charge in [0, 0.05) is 5.69 Å². The van der Waals surface area contributed by atoms with E-state index in [4.69, 9.17) is 22.7 Å². The fourth-order valence-corrected chi connectivity index (χ4v) is 2.49. The molecule has 18 heavy (non-hydrogen) atoms. The molecule has 0 unspecified atom stereocenters. The third-order valence-corrected chi connectivity index (χ3v) is 3.64. The Morgan fingerprint density at radius 3 is 3.06 bits per heavy atom. The molecular formula is C12H14N2O2S2. The molecule has 1 aliphatic rings. The van der Waals surface area contributed by atoms with Crippen LogP contribution in [0.1, 0.15) is 12.0 Å². The molecule has 6 heteroatoms. The quantitative estimate of drug-likeness (QED) is 0.380. The van der Waals surface area contributed by atoms with Gasteiger partial charge in [-0.3, -0.25) is 0 Å². The molecule has 2 rings (SSSR count). The summed E-state index contributed by atoms with van der Waals surface area (Å²) in [6.07, 6.45) is 2.68. The number of hydrogen-bond acceptors (Lipinski definition) is 5. The highest BCUT2D eigenvalue weighted by Crippen LogP contribution is 2.25. The van der Waals surface area contributed by atoms with Crippen molar-refractivity contribution in [2.24, 2.45) is 0 Å². The van der Waals surface area contributed by atoms with Crippen LogP contribution in [0.5, 0.6) is 5.75 Å². The second-order valence-corrected chi connectivity index (χ2v) is 5.38. The van der Waals surface area contributed by atoms with E-state index in [0.717, 1.165) is 5.75 Å². The van der Waals surface area contributed by atoms with Crippen LogP contribution in [0.2, 0.25) is 0 Å². The molecule has 0 aromatic heterocycles. The normalized spacial score (nSPS) is 18.6. The van der Waals surface area contributed by atoms with Crippen LogP contribution in [-0.4, -0.2) is 29.0 Å². The topological polar surface area (TPSA) is 64.3 Å². The zero-order valence-corrected chi connectivity index (χ0v) is 11.6. The first-order valence-electron chi connectivity index (χ1n) is 5.53. The number of benzene rings is 1. The summed E-state index contributed by atoms with van der Waals surface area (Å²) in [5.74, 6) is 1.04. The van der Waals surface area contributed by atoms with E-state index >= 15 is 0 Å². The maximum absolute atomic E-state index is 11.9. The molecule has 1 heterocycles. The minimum atomic E-state index is -0.390. The average Bonchev–Trinajstić information content (AvgIpc) is 2.46. The molecule has 1 aliphatic heterocycles. The Kier molecular flexibility index (Phi) is 4.08. The number of carbonyl (C=O) groups is 1. The van der Waals surface area contributed by atoms with Crippen molar-refractivity contribution >= 4 is 40.6 Å². The number of thiocarbonyl (C=S) groups is 1. The Morgan fingerprint density at radius 1 is 1.56 bits per heavy atom. The van der Waals surface area contributed by atoms with E-state index in [1.165, 1.54) is 0 Å². The molecule has 0 radical (unpaired) electrons. The van der Waals surface area contributed by atoms with Gasteiger partial charge in [-0.25, -0.2) is 4.79 Å². The van der Waals surface area contributed by atoms with Crippen molar-refractivity contribution in [3.05, 3.63) is 23.8 Å². The minimum absolute atomic E-state index is 0.296. The van der Waals surface area contributed by atoms with Crippen LogP contribution in [0.4, 0.5) is 5.69 Å². The molecule has 96 valence electrons. The standard InChI is InChI=1S/C12H14N2O2S2/c1-18-5-4-9-12(15)16-10-3-2-7(13)6-8(10)11(17)14-9/h2-3,6,9H,4-5,13H2,1H3,(H,14,17)/t9-/m0/s1. The smallest absolute Gasteiger partial charge is 0.334 e. The number of nitrogens with two attached hydrogens (primary N) is 1. The van der Waals surface area contributed by atoms with Gasteiger partial charge in [0.05, 0.1) is 5.56 Å². The van der Waals surface area contributed by atoms with Crippen molar-refractivity contribution < 1.29 is 9.53 Å². The molecule has 0 saturated carbocycles. The molecule has 0 amide bonds. The Balaban J connectivity index is 2.26. The minimum Gasteiger partial charge on any atom is -0.424 e. The summed E-state index contributed by atoms with van der Waals surface area (Å²) in [5.41, 5.74) is 6.98. The van der Waals surface area contributed by atoms with Crippen LogP contribution in [0.25, 0.3) is 0 Å². The van der Waals surface area contributed by atoms with Crippen molar-refractivity contribution in [2.75, 3.05) is 17.7 Å². The van der Waals surface area contributed by atoms with E-state index in [1.54, 1.807) is 30.0 Å². The van der Waals surface area contributed by atoms with Crippen molar-refractivity contribution in [1.29, 1.82) is 0 Å². The van der Waals surface area contributed by atoms with E-state index in [1.807, 2.05) is 6.26 Å². The molecule has 0 saturated heterocycles. The number of carbonyl (C=O) groups excluding carboxylic acids is 1. The molecule has 0 aliphatic carbocycles. The lowest BCUT2D eigenvalue weighted by Gasteiger charge is -2.13. The van der Waals surface area contributed by atoms with Crippen molar-refractivity contribution in [2.45, 2.75) is 12.5 Å². The number of thioether (sulfide) groups is 1. The van der Waals surface area contributed by atoms with Crippen LogP contribution >= 0.6 is 24.0 Å². The SMILES string of the molecule is CSCC[C@@H]1NC(=S)c2cc(N)ccc2OC1=O. The molecule has 1 aromatic rings. The van der Waals surface area contributed by atoms with E-state index < -0.39 is 6.04 Å². The zero-order chi connectivity index (χ0) is 13.1. The van der Waals surface area contributed by atoms with Gasteiger partial charge in [0.2, 0.25) is 0 Å². The molecule has 4 nitrogen and oxygen atoms in total. The predicted octanol–water partition coefficient (Wildman–Crippen LogP) is 1.57. The van der Waals surface area contributed by atoms with Crippen LogP contribution in [-0.2, 0) is 4.79 Å². The highest BCUT2D eigenvalue weighted by Gasteiger charge is 2.27. The van der Waals surface area contributed by atoms with E-state index in [9.17, 15) is 4.79 Å². The van der Waals surface area contributed by atoms with Gasteiger partial charge >= 0.3 is 5.97 Å². The largest absolute Gasteiger partial charge is 0.424 e. The number of fused-ring (bicyclic) bond motifs is 1. The fourth-order valence-electron chi connectivity index (χ4n) is 1.71. The van der Waals surface area contributed by atoms with E-state index in [-0.39, 0.29) is 5.97 Å². The first-order chi connectivity index (χ1) is 8.61. The Hall–Kier alpha value is -1.27. The van der Waals surface area contributed by atoms with Gasteiger partial charge in [0.1, 0.15) is 16.8 Å². The summed E-state index contributed by atoms with van der Waals surface area (Å²) >= 11 is 6.96. The summed E-state index contributed by atoms with van der Waals surface area (Å²) < 4.78 is 5.34. The Labute approximate surface area is 115 Å². The van der Waals surface area contributed by atoms with Crippen molar-refractivity contribution in [1.82, 2.24) is 5.32 Å². The Morgan fingerprint density at radius 2 is 2.33 bits per heavy atom. The summed E-state index contributed by atoms with van der Waals surface area (Å²) in [7, 11) is 0. The predicted molar refractivity (Wildman–Crippen MR) is 78.1 cm³/mol. The highest BCUT2D eigenvalue weighted by atomic mass is 32.2. The summed E-state index contributed by atoms with van der Waals surface area (Å²) in [4.78, 5) is 12.4. The molecule has 0 spiro atoms. The van der Waals surface area contributed by atoms with Crippen molar-refractivity contribution in [3.8, 4) is 5.75 Å². The molecule has 1 aromatic carbocycles. The number of anilines is 1. The van der Waals surface area contributed by atoms with Crippen LogP contribution < -0.4 is 15.8 Å². The lowest BCUT2D eigenvalue weighted by atomic mass is 10.1. The third kappa shape index (κ3) is 2.76. The maximum atomic E-state index is 11.9. The average molecular weight is 282 g/mol. The summed E-state index contributed by atoms with van der Waals surface area (Å²) in [5, 5.41) is 3.03. The number of nitrogens with one attached hydrogen (secondary N) is 1. The number of hydrogen-bond donors (Lipinski definition) is 2. The van der Waals surface area contributed by atoms with Gasteiger partial charge in [-0.2, -0.15) is 11.8 Å². The number of rotatable bonds is 3. The van der Waals surface area contributed by atoms with Gasteiger partial charge < -0.3 is 15.8 Å². The fraction of sp³-hybridized carbons (Fsp3) is 0.333. The number of ether oxygens (including phenoxy) is 1. The molecule has 3 N–H and O–H groups in total. The Bertz CT molecular complexity index is 491. The van der Waals surface area contributed by atoms with Crippen LogP contribution in [0, 0.1) is 0 Å². The first-order valence-corrected chi connectivity index (χ1v) is 7.33. The number of nitrogen functional groups attached to an aromatic ring is 1. The van der Waals surface area contributed by atoms with Gasteiger partial charge in [-0.05, 0) is 36.6 Å². The van der Waals surface area contributed by atoms with Gasteiger partial charge in [-0.1, -0.05) is 12.2 Å². The van der Waals surface area contributed by atoms with Crippen molar-refractivity contribution in [3.63, 3.8) is 0 Å². The van der Waals surface area contributed by atoms with Gasteiger partial charge in [0.25, 0.3) is 0 Å². The number of esters is 1. The first kappa shape index (κ1) is 13.2. The van der Waals surface area contributed by atoms with E-state index in [2.05, 4.69) is 5.32 Å². The van der Waals surface area contributed by atoms with Crippen LogP contribution in [0.15, 0.2) is 18.2 Å². The zero-order valence-electron chi connectivity index (χ0n) is 9.93. The second kappa shape index (κ2) is 5.58. The molecule has 1 atom stereocenters. The molecule has 0 bridgehead atoms. The maximum Gasteiger partial charge on any atom is 0.334 e.